The molecule has 2 N–H and O–H groups in total. The Labute approximate surface area is 228 Å². The number of amides is 2. The van der Waals surface area contributed by atoms with E-state index < -0.39 is 6.16 Å². The first kappa shape index (κ1) is 27.4. The maximum absolute atomic E-state index is 13.2. The zero-order chi connectivity index (χ0) is 27.9. The lowest BCUT2D eigenvalue weighted by Crippen LogP contribution is -2.29. The van der Waals surface area contributed by atoms with E-state index in [-0.39, 0.29) is 17.6 Å². The van der Waals surface area contributed by atoms with Gasteiger partial charge in [-0.1, -0.05) is 36.4 Å². The minimum Gasteiger partial charge on any atom is -0.437 e. The molecular formula is C30H32N4O5. The maximum atomic E-state index is 13.2. The van der Waals surface area contributed by atoms with Crippen LogP contribution in [0.4, 0.5) is 16.2 Å². The molecule has 0 bridgehead atoms. The number of nitrogens with zero attached hydrogens (tertiary/aromatic N) is 2. The van der Waals surface area contributed by atoms with Crippen LogP contribution in [0.15, 0.2) is 72.8 Å². The number of rotatable bonds is 9. The van der Waals surface area contributed by atoms with Gasteiger partial charge in [-0.15, -0.1) is 0 Å². The van der Waals surface area contributed by atoms with Gasteiger partial charge in [-0.2, -0.15) is 0 Å². The van der Waals surface area contributed by atoms with Crippen molar-refractivity contribution in [3.8, 4) is 5.75 Å². The molecule has 9 heteroatoms. The van der Waals surface area contributed by atoms with Crippen LogP contribution in [0.25, 0.3) is 11.3 Å². The second-order valence-corrected chi connectivity index (χ2v) is 9.42. The lowest BCUT2D eigenvalue weighted by Gasteiger charge is -2.19. The van der Waals surface area contributed by atoms with Gasteiger partial charge < -0.3 is 29.9 Å². The molecule has 2 amide bonds. The van der Waals surface area contributed by atoms with E-state index >= 15 is 0 Å². The number of methoxy groups -OCH3 is 1. The first-order valence-electron chi connectivity index (χ1n) is 12.6. The van der Waals surface area contributed by atoms with Gasteiger partial charge in [-0.3, -0.25) is 9.59 Å². The molecule has 1 heterocycles. The second-order valence-electron chi connectivity index (χ2n) is 9.42. The molecule has 0 fully saturated rings. The van der Waals surface area contributed by atoms with Crippen molar-refractivity contribution >= 4 is 40.6 Å². The van der Waals surface area contributed by atoms with Gasteiger partial charge in [0.25, 0.3) is 11.8 Å². The van der Waals surface area contributed by atoms with Gasteiger partial charge in [-0.05, 0) is 63.0 Å². The summed E-state index contributed by atoms with van der Waals surface area (Å²) in [5, 5.41) is 6.25. The summed E-state index contributed by atoms with van der Waals surface area (Å²) in [7, 11) is 7.04. The molecule has 9 nitrogen and oxygen atoms in total. The Balaban J connectivity index is 1.67. The molecular weight excluding hydrogens is 496 g/mol. The summed E-state index contributed by atoms with van der Waals surface area (Å²) in [5.74, 6) is -0.134. The number of carbonyl (C=O) groups is 3. The Kier molecular flexibility index (Phi) is 8.63. The van der Waals surface area contributed by atoms with Crippen LogP contribution in [0.3, 0.4) is 0 Å². The average Bonchev–Trinajstić information content (AvgIpc) is 3.26. The van der Waals surface area contributed by atoms with Crippen LogP contribution >= 0.6 is 0 Å². The Morgan fingerprint density at radius 3 is 2.36 bits per heavy atom. The minimum atomic E-state index is -0.848. The summed E-state index contributed by atoms with van der Waals surface area (Å²) in [4.78, 5) is 41.7. The monoisotopic (exact) mass is 528 g/mol. The predicted molar refractivity (Wildman–Crippen MR) is 152 cm³/mol. The third-order valence-corrected chi connectivity index (χ3v) is 6.24. The molecule has 1 aliphatic rings. The largest absolute Gasteiger partial charge is 0.513 e. The first-order valence-corrected chi connectivity index (χ1v) is 12.6. The van der Waals surface area contributed by atoms with E-state index in [1.165, 1.54) is 7.11 Å². The fourth-order valence-electron chi connectivity index (χ4n) is 4.31. The first-order chi connectivity index (χ1) is 18.8. The van der Waals surface area contributed by atoms with Crippen molar-refractivity contribution < 1.29 is 23.9 Å². The third kappa shape index (κ3) is 6.63. The van der Waals surface area contributed by atoms with Crippen molar-refractivity contribution in [2.24, 2.45) is 0 Å². The predicted octanol–water partition coefficient (Wildman–Crippen LogP) is 4.79. The number of benzene rings is 3. The Bertz CT molecular complexity index is 1400. The quantitative estimate of drug-likeness (QED) is 0.234. The average molecular weight is 529 g/mol. The molecule has 0 radical (unpaired) electrons. The zero-order valence-corrected chi connectivity index (χ0v) is 22.5. The lowest BCUT2D eigenvalue weighted by atomic mass is 9.99. The van der Waals surface area contributed by atoms with Gasteiger partial charge in [0.15, 0.2) is 0 Å². The molecule has 3 aromatic rings. The Morgan fingerprint density at radius 2 is 1.64 bits per heavy atom. The molecule has 1 aliphatic heterocycles. The van der Waals surface area contributed by atoms with Crippen LogP contribution in [0.5, 0.6) is 5.75 Å². The van der Waals surface area contributed by atoms with Crippen LogP contribution in [-0.2, 0) is 9.53 Å². The summed E-state index contributed by atoms with van der Waals surface area (Å²) in [5.41, 5.74) is 4.18. The Hall–Kier alpha value is -4.63. The molecule has 202 valence electrons. The van der Waals surface area contributed by atoms with Crippen LogP contribution in [-0.4, -0.2) is 69.1 Å². The molecule has 3 aromatic carbocycles. The van der Waals surface area contributed by atoms with E-state index in [9.17, 15) is 14.4 Å². The van der Waals surface area contributed by atoms with Gasteiger partial charge >= 0.3 is 6.16 Å². The second kappa shape index (κ2) is 12.3. The lowest BCUT2D eigenvalue weighted by molar-refractivity contribution is -0.110. The van der Waals surface area contributed by atoms with Gasteiger partial charge in [0.1, 0.15) is 5.75 Å². The SMILES string of the molecule is COC(=O)Oc1ccc2c(c1)NC(=O)/C2=C(\Nc1cccc(C(=O)N(C)CCCN(C)C)c1)c1ccccc1. The van der Waals surface area contributed by atoms with E-state index in [2.05, 4.69) is 20.3 Å². The van der Waals surface area contributed by atoms with E-state index in [1.807, 2.05) is 56.6 Å². The van der Waals surface area contributed by atoms with E-state index in [0.29, 0.717) is 40.3 Å². The molecule has 0 saturated carbocycles. The van der Waals surface area contributed by atoms with E-state index in [4.69, 9.17) is 4.74 Å². The fraction of sp³-hybridized carbons (Fsp3) is 0.233. The summed E-state index contributed by atoms with van der Waals surface area (Å²) in [6.45, 7) is 1.54. The van der Waals surface area contributed by atoms with Crippen LogP contribution in [0.1, 0.15) is 27.9 Å². The van der Waals surface area contributed by atoms with Gasteiger partial charge in [-0.25, -0.2) is 4.79 Å². The molecule has 0 spiro atoms. The van der Waals surface area contributed by atoms with E-state index in [0.717, 1.165) is 18.5 Å². The standard InChI is InChI=1S/C30H32N4O5/c1-33(2)16-9-17-34(3)29(36)21-12-8-13-22(18-21)31-27(20-10-6-5-7-11-20)26-24-15-14-23(39-30(37)38-4)19-25(24)32-28(26)35/h5-8,10-15,18-19,31H,9,16-17H2,1-4H3,(H,32,35)/b27-26-. The Morgan fingerprint density at radius 1 is 0.897 bits per heavy atom. The highest BCUT2D eigenvalue weighted by Crippen LogP contribution is 2.39. The molecule has 39 heavy (non-hydrogen) atoms. The molecule has 0 saturated heterocycles. The smallest absolute Gasteiger partial charge is 0.437 e. The number of hydrogen-bond acceptors (Lipinski definition) is 7. The number of ether oxygens (including phenoxy) is 2. The molecule has 0 aliphatic carbocycles. The van der Waals surface area contributed by atoms with E-state index in [1.54, 1.807) is 42.3 Å². The highest BCUT2D eigenvalue weighted by Gasteiger charge is 2.29. The van der Waals surface area contributed by atoms with Crippen LogP contribution < -0.4 is 15.4 Å². The molecule has 0 unspecified atom stereocenters. The van der Waals surface area contributed by atoms with Crippen molar-refractivity contribution in [3.05, 3.63) is 89.5 Å². The van der Waals surface area contributed by atoms with Gasteiger partial charge in [0.2, 0.25) is 0 Å². The highest BCUT2D eigenvalue weighted by atomic mass is 16.7. The van der Waals surface area contributed by atoms with Gasteiger partial charge in [0.05, 0.1) is 24.1 Å². The summed E-state index contributed by atoms with van der Waals surface area (Å²) in [6, 6.07) is 21.6. The zero-order valence-electron chi connectivity index (χ0n) is 22.5. The normalized spacial score (nSPS) is 13.4. The third-order valence-electron chi connectivity index (χ3n) is 6.24. The molecule has 0 atom stereocenters. The minimum absolute atomic E-state index is 0.0755. The van der Waals surface area contributed by atoms with Crippen molar-refractivity contribution in [2.45, 2.75) is 6.42 Å². The number of fused-ring (bicyclic) bond motifs is 1. The topological polar surface area (TPSA) is 100 Å². The maximum Gasteiger partial charge on any atom is 0.513 e. The number of hydrogen-bond donors (Lipinski definition) is 2. The summed E-state index contributed by atoms with van der Waals surface area (Å²) < 4.78 is 9.66. The molecule has 0 aromatic heterocycles. The number of carbonyl (C=O) groups excluding carboxylic acids is 3. The van der Waals surface area contributed by atoms with Crippen molar-refractivity contribution in [2.75, 3.05) is 52.0 Å². The fourth-order valence-corrected chi connectivity index (χ4v) is 4.31. The number of anilines is 2. The summed E-state index contributed by atoms with van der Waals surface area (Å²) >= 11 is 0. The van der Waals surface area contributed by atoms with Gasteiger partial charge in [0, 0.05) is 36.5 Å². The van der Waals surface area contributed by atoms with Crippen molar-refractivity contribution in [3.63, 3.8) is 0 Å². The molecule has 4 rings (SSSR count). The van der Waals surface area contributed by atoms with Crippen molar-refractivity contribution in [1.29, 1.82) is 0 Å². The summed E-state index contributed by atoms with van der Waals surface area (Å²) in [6.07, 6.45) is 0.0256. The number of nitrogens with one attached hydrogen (secondary N) is 2. The van der Waals surface area contributed by atoms with Crippen LogP contribution in [0.2, 0.25) is 0 Å². The van der Waals surface area contributed by atoms with Crippen LogP contribution in [0, 0.1) is 0 Å². The highest BCUT2D eigenvalue weighted by molar-refractivity contribution is 6.37. The van der Waals surface area contributed by atoms with Crippen molar-refractivity contribution in [1.82, 2.24) is 9.80 Å².